The average Bonchev–Trinajstić information content (AvgIpc) is 2.75. The van der Waals surface area contributed by atoms with Crippen molar-refractivity contribution in [3.05, 3.63) is 89.5 Å². The number of aromatic nitrogens is 2. The van der Waals surface area contributed by atoms with Gasteiger partial charge in [0.05, 0.1) is 6.20 Å². The van der Waals surface area contributed by atoms with E-state index < -0.39 is 6.04 Å². The lowest BCUT2D eigenvalue weighted by Gasteiger charge is -2.27. The van der Waals surface area contributed by atoms with Gasteiger partial charge in [-0.05, 0) is 36.1 Å². The summed E-state index contributed by atoms with van der Waals surface area (Å²) < 4.78 is 0. The Bertz CT molecular complexity index is 1000. The molecule has 1 atom stereocenters. The van der Waals surface area contributed by atoms with Gasteiger partial charge in [0.15, 0.2) is 0 Å². The van der Waals surface area contributed by atoms with Crippen LogP contribution in [0.4, 0.5) is 5.69 Å². The summed E-state index contributed by atoms with van der Waals surface area (Å²) in [4.78, 5) is 35.6. The maximum Gasteiger partial charge on any atom is 0.274 e. The Morgan fingerprint density at radius 1 is 0.933 bits per heavy atom. The van der Waals surface area contributed by atoms with Crippen LogP contribution in [0.1, 0.15) is 53.0 Å². The van der Waals surface area contributed by atoms with Gasteiger partial charge >= 0.3 is 0 Å². The van der Waals surface area contributed by atoms with Gasteiger partial charge < -0.3 is 10.2 Å². The summed E-state index contributed by atoms with van der Waals surface area (Å²) in [6.45, 7) is 6.21. The molecule has 3 aromatic rings. The van der Waals surface area contributed by atoms with Crippen molar-refractivity contribution in [2.45, 2.75) is 32.7 Å². The molecule has 1 heterocycles. The molecule has 0 spiro atoms. The summed E-state index contributed by atoms with van der Waals surface area (Å²) in [5.41, 5.74) is 3.85. The highest BCUT2D eigenvalue weighted by atomic mass is 16.2. The third-order valence-electron chi connectivity index (χ3n) is 4.98. The third kappa shape index (κ3) is 4.89. The Morgan fingerprint density at radius 3 is 2.13 bits per heavy atom. The van der Waals surface area contributed by atoms with E-state index in [1.54, 1.807) is 7.05 Å². The third-order valence-corrected chi connectivity index (χ3v) is 4.98. The highest BCUT2D eigenvalue weighted by molar-refractivity contribution is 6.00. The zero-order valence-corrected chi connectivity index (χ0v) is 17.7. The first-order valence-electron chi connectivity index (χ1n) is 9.87. The molecule has 0 aliphatic heterocycles. The van der Waals surface area contributed by atoms with E-state index in [1.807, 2.05) is 55.5 Å². The van der Waals surface area contributed by atoms with E-state index in [0.717, 1.165) is 11.1 Å². The molecule has 2 amide bonds. The number of aryl methyl sites for hydroxylation is 1. The maximum atomic E-state index is 13.3. The van der Waals surface area contributed by atoms with Crippen LogP contribution < -0.4 is 5.32 Å². The number of carbonyl (C=O) groups is 2. The number of nitrogens with zero attached hydrogens (tertiary/aromatic N) is 3. The fourth-order valence-corrected chi connectivity index (χ4v) is 3.17. The summed E-state index contributed by atoms with van der Waals surface area (Å²) in [7, 11) is 1.60. The molecule has 0 saturated heterocycles. The first-order chi connectivity index (χ1) is 14.4. The van der Waals surface area contributed by atoms with Crippen LogP contribution in [0.3, 0.4) is 0 Å². The van der Waals surface area contributed by atoms with Crippen LogP contribution in [0.5, 0.6) is 0 Å². The Morgan fingerprint density at radius 2 is 1.57 bits per heavy atom. The van der Waals surface area contributed by atoms with Gasteiger partial charge in [-0.25, -0.2) is 4.98 Å². The number of carbonyl (C=O) groups excluding carboxylic acids is 2. The average molecular weight is 402 g/mol. The van der Waals surface area contributed by atoms with Crippen LogP contribution in [-0.2, 0) is 4.79 Å². The summed E-state index contributed by atoms with van der Waals surface area (Å²) >= 11 is 0. The fourth-order valence-electron chi connectivity index (χ4n) is 3.17. The van der Waals surface area contributed by atoms with E-state index in [-0.39, 0.29) is 17.5 Å². The molecule has 3 rings (SSSR count). The van der Waals surface area contributed by atoms with Crippen LogP contribution in [0.2, 0.25) is 0 Å². The predicted molar refractivity (Wildman–Crippen MR) is 117 cm³/mol. The van der Waals surface area contributed by atoms with Crippen LogP contribution in [-0.4, -0.2) is 33.7 Å². The molecule has 1 unspecified atom stereocenters. The molecule has 6 heteroatoms. The number of likely N-dealkylation sites (N-methyl/N-ethyl adjacent to an activating group) is 1. The lowest BCUT2D eigenvalue weighted by Crippen LogP contribution is -2.39. The SMILES string of the molecule is Cc1ccc(C(C(=O)Nc2ccc(C(C)C)cc2)N(C)C(=O)c2cnccn2)cc1. The normalized spacial score (nSPS) is 11.8. The van der Waals surface area contributed by atoms with Crippen LogP contribution >= 0.6 is 0 Å². The largest absolute Gasteiger partial charge is 0.324 e. The predicted octanol–water partition coefficient (Wildman–Crippen LogP) is 4.36. The number of anilines is 1. The molecule has 0 bridgehead atoms. The lowest BCUT2D eigenvalue weighted by molar-refractivity contribution is -0.120. The molecule has 154 valence electrons. The first kappa shape index (κ1) is 21.2. The molecule has 2 aromatic carbocycles. The monoisotopic (exact) mass is 402 g/mol. The zero-order valence-electron chi connectivity index (χ0n) is 17.7. The minimum absolute atomic E-state index is 0.186. The van der Waals surface area contributed by atoms with Crippen LogP contribution in [0, 0.1) is 6.92 Å². The number of rotatable bonds is 6. The zero-order chi connectivity index (χ0) is 21.7. The second-order valence-electron chi connectivity index (χ2n) is 7.59. The second-order valence-corrected chi connectivity index (χ2v) is 7.59. The number of hydrogen-bond acceptors (Lipinski definition) is 4. The number of benzene rings is 2. The molecule has 6 nitrogen and oxygen atoms in total. The molecule has 0 fully saturated rings. The van der Waals surface area contributed by atoms with Crippen molar-refractivity contribution in [3.8, 4) is 0 Å². The highest BCUT2D eigenvalue weighted by Crippen LogP contribution is 2.24. The van der Waals surface area contributed by atoms with E-state index >= 15 is 0 Å². The Kier molecular flexibility index (Phi) is 6.57. The summed E-state index contributed by atoms with van der Waals surface area (Å²) in [5, 5.41) is 2.94. The van der Waals surface area contributed by atoms with Gasteiger partial charge in [-0.2, -0.15) is 0 Å². The molecule has 0 aliphatic carbocycles. The van der Waals surface area contributed by atoms with E-state index in [9.17, 15) is 9.59 Å². The molecular weight excluding hydrogens is 376 g/mol. The van der Waals surface area contributed by atoms with Crippen molar-refractivity contribution in [1.29, 1.82) is 0 Å². The van der Waals surface area contributed by atoms with E-state index in [0.29, 0.717) is 11.6 Å². The van der Waals surface area contributed by atoms with Crippen molar-refractivity contribution >= 4 is 17.5 Å². The van der Waals surface area contributed by atoms with Crippen molar-refractivity contribution in [3.63, 3.8) is 0 Å². The molecule has 0 saturated carbocycles. The summed E-state index contributed by atoms with van der Waals surface area (Å²) in [5.74, 6) is -0.263. The minimum Gasteiger partial charge on any atom is -0.324 e. The standard InChI is InChI=1S/C24H26N4O2/c1-16(2)18-9-11-20(12-10-18)27-23(29)22(19-7-5-17(3)6-8-19)28(4)24(30)21-15-25-13-14-26-21/h5-16,22H,1-4H3,(H,27,29). The molecule has 0 aliphatic rings. The van der Waals surface area contributed by atoms with Gasteiger partial charge in [0.1, 0.15) is 11.7 Å². The van der Waals surface area contributed by atoms with Gasteiger partial charge in [-0.3, -0.25) is 14.6 Å². The van der Waals surface area contributed by atoms with Crippen molar-refractivity contribution in [1.82, 2.24) is 14.9 Å². The molecule has 30 heavy (non-hydrogen) atoms. The van der Waals surface area contributed by atoms with E-state index in [1.165, 1.54) is 29.1 Å². The van der Waals surface area contributed by atoms with Crippen LogP contribution in [0.15, 0.2) is 67.1 Å². The highest BCUT2D eigenvalue weighted by Gasteiger charge is 2.30. The van der Waals surface area contributed by atoms with Gasteiger partial charge in [-0.1, -0.05) is 55.8 Å². The lowest BCUT2D eigenvalue weighted by atomic mass is 10.0. The van der Waals surface area contributed by atoms with Gasteiger partial charge in [0, 0.05) is 25.1 Å². The quantitative estimate of drug-likeness (QED) is 0.665. The number of amides is 2. The molecule has 1 aromatic heterocycles. The fraction of sp³-hybridized carbons (Fsp3) is 0.250. The van der Waals surface area contributed by atoms with Crippen LogP contribution in [0.25, 0.3) is 0 Å². The summed E-state index contributed by atoms with van der Waals surface area (Å²) in [6.07, 6.45) is 4.35. The van der Waals surface area contributed by atoms with E-state index in [2.05, 4.69) is 29.1 Å². The van der Waals surface area contributed by atoms with Gasteiger partial charge in [0.2, 0.25) is 0 Å². The number of nitrogens with one attached hydrogen (secondary N) is 1. The van der Waals surface area contributed by atoms with Crippen molar-refractivity contribution < 1.29 is 9.59 Å². The van der Waals surface area contributed by atoms with Gasteiger partial charge in [0.25, 0.3) is 11.8 Å². The van der Waals surface area contributed by atoms with Crippen molar-refractivity contribution in [2.75, 3.05) is 12.4 Å². The first-order valence-corrected chi connectivity index (χ1v) is 9.87. The minimum atomic E-state index is -0.815. The van der Waals surface area contributed by atoms with Gasteiger partial charge in [-0.15, -0.1) is 0 Å². The molecular formula is C24H26N4O2. The Labute approximate surface area is 177 Å². The van der Waals surface area contributed by atoms with Crippen molar-refractivity contribution in [2.24, 2.45) is 0 Å². The second kappa shape index (κ2) is 9.31. The molecule has 0 radical (unpaired) electrons. The Hall–Kier alpha value is -3.54. The smallest absolute Gasteiger partial charge is 0.274 e. The Balaban J connectivity index is 1.89. The summed E-state index contributed by atoms with van der Waals surface area (Å²) in [6, 6.07) is 14.5. The topological polar surface area (TPSA) is 75.2 Å². The molecule has 1 N–H and O–H groups in total. The van der Waals surface area contributed by atoms with E-state index in [4.69, 9.17) is 0 Å². The maximum absolute atomic E-state index is 13.3. The number of hydrogen-bond donors (Lipinski definition) is 1.